The first-order valence-corrected chi connectivity index (χ1v) is 25.5. The molecule has 0 aromatic heterocycles. The average molecular weight is 827 g/mol. The molecule has 0 saturated carbocycles. The van der Waals surface area contributed by atoms with Gasteiger partial charge in [-0.15, -0.1) is 0 Å². The fourth-order valence-corrected chi connectivity index (χ4v) is 16.5. The normalized spacial score (nSPS) is 12.1. The van der Waals surface area contributed by atoms with Crippen molar-refractivity contribution in [3.05, 3.63) is 253 Å². The Kier molecular flexibility index (Phi) is 11.1. The van der Waals surface area contributed by atoms with Crippen LogP contribution in [-0.2, 0) is 0 Å². The summed E-state index contributed by atoms with van der Waals surface area (Å²) in [5, 5.41) is 5.51. The summed E-state index contributed by atoms with van der Waals surface area (Å²) in [7, 11) is -1.16. The van der Waals surface area contributed by atoms with Gasteiger partial charge in [0.25, 0.3) is 0 Å². The number of hydrogen-bond donors (Lipinski definition) is 0. The molecule has 4 heteroatoms. The maximum atomic E-state index is 2.44. The monoisotopic (exact) mass is 826 g/mol. The van der Waals surface area contributed by atoms with Crippen molar-refractivity contribution in [2.75, 3.05) is 0 Å². The van der Waals surface area contributed by atoms with Gasteiger partial charge in [-0.2, -0.15) is 0 Å². The van der Waals surface area contributed by atoms with E-state index in [0.29, 0.717) is 0 Å². The molecule has 59 heavy (non-hydrogen) atoms. The van der Waals surface area contributed by atoms with Crippen LogP contribution < -0.4 is 21.2 Å². The maximum absolute atomic E-state index is 2.44. The van der Waals surface area contributed by atoms with E-state index in [1.165, 1.54) is 81.1 Å². The molecule has 0 bridgehead atoms. The van der Waals surface area contributed by atoms with Gasteiger partial charge in [0.1, 0.15) is 0 Å². The summed E-state index contributed by atoms with van der Waals surface area (Å²) in [6.45, 7) is 0. The molecule has 10 rings (SSSR count). The minimum Gasteiger partial charge on any atom is -0.0888 e. The van der Waals surface area contributed by atoms with Gasteiger partial charge in [-0.25, -0.2) is 0 Å². The van der Waals surface area contributed by atoms with Crippen LogP contribution in [0.15, 0.2) is 246 Å². The molecule has 282 valence electrons. The zero-order valence-corrected chi connectivity index (χ0v) is 35.7. The van der Waals surface area contributed by atoms with Crippen molar-refractivity contribution < 1.29 is 0 Å². The standard InChI is InChI=1S/C55H40P2S2/c1-6-16-42(17-7-1)55-53-38-43(40-26-32-49(33-27-40)58-56(45-18-8-2-9-19-45)46-20-10-3-11-21-46)30-36-51(53)52-37-31-44(39-54(52)55)41-28-34-50(35-29-41)59-57(47-22-12-4-13-23-47)48-24-14-5-15-25-48/h1-39,55H. The SMILES string of the molecule is c1ccc(C2c3cc(-c4ccc(SP(c5ccccc5)c5ccccc5)cc4)ccc3-c3ccc(-c4ccc(SP(c5ccccc5)c5ccccc5)cc4)cc32)cc1. The molecule has 0 unspecified atom stereocenters. The number of rotatable bonds is 11. The molecule has 0 saturated heterocycles. The Morgan fingerprint density at radius 3 is 0.932 bits per heavy atom. The van der Waals surface area contributed by atoms with Crippen molar-refractivity contribution in [1.29, 1.82) is 0 Å². The quantitative estimate of drug-likeness (QED) is 0.119. The molecule has 1 aliphatic rings. The second-order valence-corrected chi connectivity index (χ2v) is 22.4. The lowest BCUT2D eigenvalue weighted by atomic mass is 9.87. The summed E-state index contributed by atoms with van der Waals surface area (Å²) in [4.78, 5) is 2.58. The molecule has 0 aliphatic heterocycles. The first-order valence-electron chi connectivity index (χ1n) is 20.0. The van der Waals surface area contributed by atoms with Gasteiger partial charge in [0, 0.05) is 30.0 Å². The van der Waals surface area contributed by atoms with Crippen molar-refractivity contribution >= 4 is 58.2 Å². The summed E-state index contributed by atoms with van der Waals surface area (Å²) < 4.78 is 0. The maximum Gasteiger partial charge on any atom is 0.0352 e. The van der Waals surface area contributed by atoms with E-state index in [1.54, 1.807) is 0 Å². The second-order valence-electron chi connectivity index (χ2n) is 14.6. The molecule has 0 radical (unpaired) electrons. The minimum atomic E-state index is -0.580. The van der Waals surface area contributed by atoms with Crippen LogP contribution in [0.3, 0.4) is 0 Å². The zero-order chi connectivity index (χ0) is 39.4. The Bertz CT molecular complexity index is 2540. The van der Waals surface area contributed by atoms with E-state index in [1.807, 2.05) is 22.8 Å². The smallest absolute Gasteiger partial charge is 0.0352 e. The predicted octanol–water partition coefficient (Wildman–Crippen LogP) is 14.5. The van der Waals surface area contributed by atoms with E-state index >= 15 is 0 Å². The highest BCUT2D eigenvalue weighted by molar-refractivity contribution is 8.60. The van der Waals surface area contributed by atoms with Gasteiger partial charge in [0.2, 0.25) is 0 Å². The van der Waals surface area contributed by atoms with Gasteiger partial charge < -0.3 is 0 Å². The number of hydrogen-bond acceptors (Lipinski definition) is 2. The summed E-state index contributed by atoms with van der Waals surface area (Å²) >= 11 is 3.95. The molecule has 0 nitrogen and oxygen atoms in total. The Hall–Kier alpha value is -5.46. The third-order valence-corrected chi connectivity index (χ3v) is 20.2. The molecule has 0 spiro atoms. The molecule has 0 N–H and O–H groups in total. The number of fused-ring (bicyclic) bond motifs is 3. The summed E-state index contributed by atoms with van der Waals surface area (Å²) in [5.41, 5.74) is 11.7. The van der Waals surface area contributed by atoms with Gasteiger partial charge in [-0.3, -0.25) is 0 Å². The minimum absolute atomic E-state index is 0.159. The summed E-state index contributed by atoms with van der Waals surface area (Å²) in [6, 6.07) is 87.4. The zero-order valence-electron chi connectivity index (χ0n) is 32.3. The lowest BCUT2D eigenvalue weighted by Crippen LogP contribution is -2.08. The van der Waals surface area contributed by atoms with Crippen molar-refractivity contribution in [1.82, 2.24) is 0 Å². The second kappa shape index (κ2) is 17.4. The lowest BCUT2D eigenvalue weighted by molar-refractivity contribution is 1.02. The lowest BCUT2D eigenvalue weighted by Gasteiger charge is -2.18. The average Bonchev–Trinajstić information content (AvgIpc) is 3.65. The fraction of sp³-hybridized carbons (Fsp3) is 0.0182. The summed E-state index contributed by atoms with van der Waals surface area (Å²) in [6.07, 6.45) is 0. The molecule has 9 aromatic rings. The highest BCUT2D eigenvalue weighted by Crippen LogP contribution is 2.54. The van der Waals surface area contributed by atoms with Crippen molar-refractivity contribution in [3.63, 3.8) is 0 Å². The Morgan fingerprint density at radius 1 is 0.288 bits per heavy atom. The third kappa shape index (κ3) is 8.12. The van der Waals surface area contributed by atoms with Crippen LogP contribution in [0.5, 0.6) is 0 Å². The van der Waals surface area contributed by atoms with Crippen LogP contribution in [0.25, 0.3) is 33.4 Å². The van der Waals surface area contributed by atoms with Crippen LogP contribution in [0.2, 0.25) is 0 Å². The topological polar surface area (TPSA) is 0 Å². The largest absolute Gasteiger partial charge is 0.0888 e. The van der Waals surface area contributed by atoms with Crippen LogP contribution in [0.4, 0.5) is 0 Å². The van der Waals surface area contributed by atoms with Gasteiger partial charge in [0.05, 0.1) is 0 Å². The Morgan fingerprint density at radius 2 is 0.593 bits per heavy atom. The van der Waals surface area contributed by atoms with E-state index in [9.17, 15) is 0 Å². The Labute approximate surface area is 358 Å². The van der Waals surface area contributed by atoms with Crippen molar-refractivity contribution in [2.45, 2.75) is 15.7 Å². The number of benzene rings is 9. The van der Waals surface area contributed by atoms with E-state index in [-0.39, 0.29) is 5.92 Å². The molecule has 0 fully saturated rings. The van der Waals surface area contributed by atoms with Crippen LogP contribution in [-0.4, -0.2) is 0 Å². The van der Waals surface area contributed by atoms with Gasteiger partial charge in [-0.1, -0.05) is 223 Å². The molecule has 0 heterocycles. The molecule has 9 aromatic carbocycles. The summed E-state index contributed by atoms with van der Waals surface area (Å²) in [5.74, 6) is 0.159. The van der Waals surface area contributed by atoms with E-state index in [2.05, 4.69) is 237 Å². The van der Waals surface area contributed by atoms with Gasteiger partial charge in [0.15, 0.2) is 0 Å². The van der Waals surface area contributed by atoms with E-state index in [0.717, 1.165) is 0 Å². The highest BCUT2D eigenvalue weighted by Gasteiger charge is 2.31. The van der Waals surface area contributed by atoms with Gasteiger partial charge in [-0.05, 0) is 108 Å². The van der Waals surface area contributed by atoms with Crippen LogP contribution >= 0.6 is 37.0 Å². The predicted molar refractivity (Wildman–Crippen MR) is 260 cm³/mol. The van der Waals surface area contributed by atoms with Crippen LogP contribution in [0.1, 0.15) is 22.6 Å². The highest BCUT2D eigenvalue weighted by atomic mass is 32.7. The first-order chi connectivity index (χ1) is 29.2. The molecule has 0 amide bonds. The molecular weight excluding hydrogens is 787 g/mol. The van der Waals surface area contributed by atoms with Crippen molar-refractivity contribution in [3.8, 4) is 33.4 Å². The fourth-order valence-electron chi connectivity index (χ4n) is 8.01. The van der Waals surface area contributed by atoms with E-state index in [4.69, 9.17) is 0 Å². The van der Waals surface area contributed by atoms with Crippen LogP contribution in [0, 0.1) is 0 Å². The molecular formula is C55H40P2S2. The third-order valence-electron chi connectivity index (χ3n) is 10.9. The first kappa shape index (κ1) is 37.8. The van der Waals surface area contributed by atoms with E-state index < -0.39 is 14.2 Å². The molecule has 0 atom stereocenters. The Balaban J connectivity index is 0.933. The van der Waals surface area contributed by atoms with Crippen molar-refractivity contribution in [2.24, 2.45) is 0 Å². The molecule has 1 aliphatic carbocycles. The van der Waals surface area contributed by atoms with Gasteiger partial charge >= 0.3 is 0 Å².